The van der Waals surface area contributed by atoms with Crippen molar-refractivity contribution in [3.05, 3.63) is 88.6 Å². The number of ether oxygens (including phenoxy) is 1. The van der Waals surface area contributed by atoms with Gasteiger partial charge < -0.3 is 10.5 Å². The van der Waals surface area contributed by atoms with Crippen molar-refractivity contribution in [3.63, 3.8) is 0 Å². The predicted molar refractivity (Wildman–Crippen MR) is 116 cm³/mol. The number of nitrogens with zero attached hydrogens (tertiary/aromatic N) is 3. The number of allylic oxidation sites excluding steroid dienone is 4. The molecule has 5 heteroatoms. The van der Waals surface area contributed by atoms with Crippen LogP contribution in [0, 0.1) is 45.3 Å². The van der Waals surface area contributed by atoms with Crippen molar-refractivity contribution in [2.24, 2.45) is 17.1 Å². The normalized spacial score (nSPS) is 21.6. The molecule has 5 nitrogen and oxygen atoms in total. The van der Waals surface area contributed by atoms with E-state index in [0.29, 0.717) is 12.4 Å². The van der Waals surface area contributed by atoms with E-state index in [1.165, 1.54) is 0 Å². The number of rotatable bonds is 4. The predicted octanol–water partition coefficient (Wildman–Crippen LogP) is 4.86. The Morgan fingerprint density at radius 2 is 1.71 bits per heavy atom. The highest BCUT2D eigenvalue weighted by atomic mass is 16.5. The van der Waals surface area contributed by atoms with E-state index in [-0.39, 0.29) is 17.2 Å². The summed E-state index contributed by atoms with van der Waals surface area (Å²) in [6, 6.07) is 23.9. The summed E-state index contributed by atoms with van der Waals surface area (Å²) in [5.41, 5.74) is 7.73. The molecule has 4 rings (SSSR count). The van der Waals surface area contributed by atoms with Crippen molar-refractivity contribution < 1.29 is 4.74 Å². The first-order chi connectivity index (χ1) is 15.2. The van der Waals surface area contributed by atoms with E-state index in [4.69, 9.17) is 10.5 Å². The van der Waals surface area contributed by atoms with Crippen LogP contribution in [-0.4, -0.2) is 0 Å². The van der Waals surface area contributed by atoms with Gasteiger partial charge in [0.15, 0.2) is 5.41 Å². The van der Waals surface area contributed by atoms with Gasteiger partial charge in [0.05, 0.1) is 23.4 Å². The van der Waals surface area contributed by atoms with Crippen LogP contribution < -0.4 is 10.5 Å². The summed E-state index contributed by atoms with van der Waals surface area (Å²) in [5, 5.41) is 30.2. The van der Waals surface area contributed by atoms with Crippen LogP contribution in [0.15, 0.2) is 77.5 Å². The standard InChI is InChI=1S/C26H22N4O/c27-14-22-19-10-4-5-11-20(19)24(26(16-28,17-29)25(22)30)21-12-6-7-13-23(21)31-15-18-8-2-1-3-9-18/h1-3,6-10,12-13,20,24H,4-5,11,15,30H2/t20-,24+/m1/s1. The first-order valence-electron chi connectivity index (χ1n) is 10.3. The Morgan fingerprint density at radius 1 is 1.00 bits per heavy atom. The Labute approximate surface area is 182 Å². The monoisotopic (exact) mass is 406 g/mol. The summed E-state index contributed by atoms with van der Waals surface area (Å²) in [6.45, 7) is 0.374. The topological polar surface area (TPSA) is 107 Å². The molecule has 0 unspecified atom stereocenters. The third kappa shape index (κ3) is 3.33. The molecule has 0 radical (unpaired) electrons. The quantitative estimate of drug-likeness (QED) is 0.780. The second kappa shape index (κ2) is 8.39. The average Bonchev–Trinajstić information content (AvgIpc) is 2.83. The zero-order chi connectivity index (χ0) is 21.8. The van der Waals surface area contributed by atoms with Gasteiger partial charge in [-0.3, -0.25) is 0 Å². The number of nitriles is 3. The number of para-hydroxylation sites is 1. The van der Waals surface area contributed by atoms with Crippen LogP contribution in [0.2, 0.25) is 0 Å². The van der Waals surface area contributed by atoms with Gasteiger partial charge in [-0.1, -0.05) is 54.6 Å². The van der Waals surface area contributed by atoms with Gasteiger partial charge in [-0.15, -0.1) is 0 Å². The molecule has 2 aromatic carbocycles. The number of benzene rings is 2. The van der Waals surface area contributed by atoms with Crippen molar-refractivity contribution in [2.75, 3.05) is 0 Å². The Bertz CT molecular complexity index is 1160. The van der Waals surface area contributed by atoms with Crippen LogP contribution in [-0.2, 0) is 6.61 Å². The fourth-order valence-electron chi connectivity index (χ4n) is 4.82. The highest BCUT2D eigenvalue weighted by molar-refractivity contribution is 5.60. The fourth-order valence-corrected chi connectivity index (χ4v) is 4.82. The molecule has 2 atom stereocenters. The lowest BCUT2D eigenvalue weighted by molar-refractivity contribution is 0.276. The molecule has 2 aliphatic carbocycles. The minimum atomic E-state index is -1.63. The summed E-state index contributed by atoms with van der Waals surface area (Å²) >= 11 is 0. The van der Waals surface area contributed by atoms with Crippen LogP contribution in [0.1, 0.15) is 36.3 Å². The average molecular weight is 406 g/mol. The van der Waals surface area contributed by atoms with E-state index >= 15 is 0 Å². The molecule has 152 valence electrons. The summed E-state index contributed by atoms with van der Waals surface area (Å²) in [6.07, 6.45) is 4.62. The van der Waals surface area contributed by atoms with Crippen LogP contribution in [0.3, 0.4) is 0 Å². The molecule has 2 aromatic rings. The molecule has 0 aromatic heterocycles. The lowest BCUT2D eigenvalue weighted by Gasteiger charge is -2.43. The molecular weight excluding hydrogens is 384 g/mol. The van der Waals surface area contributed by atoms with Crippen molar-refractivity contribution in [1.82, 2.24) is 0 Å². The first kappa shape index (κ1) is 20.3. The molecule has 0 amide bonds. The van der Waals surface area contributed by atoms with Gasteiger partial charge in [0, 0.05) is 11.5 Å². The smallest absolute Gasteiger partial charge is 0.191 e. The highest BCUT2D eigenvalue weighted by Crippen LogP contribution is 2.57. The molecular formula is C26H22N4O. The van der Waals surface area contributed by atoms with E-state index < -0.39 is 11.3 Å². The van der Waals surface area contributed by atoms with Crippen LogP contribution in [0.4, 0.5) is 0 Å². The molecule has 2 N–H and O–H groups in total. The SMILES string of the molecule is N#CC1=C(N)C(C#N)(C#N)[C@H](c2ccccc2OCc2ccccc2)[C@@H]2CCCC=C12. The van der Waals surface area contributed by atoms with Crippen molar-refractivity contribution in [3.8, 4) is 24.0 Å². The maximum Gasteiger partial charge on any atom is 0.191 e. The minimum absolute atomic E-state index is 0.0484. The van der Waals surface area contributed by atoms with E-state index in [2.05, 4.69) is 18.2 Å². The van der Waals surface area contributed by atoms with Gasteiger partial charge in [0.2, 0.25) is 0 Å². The maximum atomic E-state index is 10.2. The van der Waals surface area contributed by atoms with E-state index in [1.54, 1.807) is 0 Å². The molecule has 0 heterocycles. The van der Waals surface area contributed by atoms with Crippen LogP contribution in [0.25, 0.3) is 0 Å². The summed E-state index contributed by atoms with van der Waals surface area (Å²) in [5.74, 6) is -0.0287. The minimum Gasteiger partial charge on any atom is -0.489 e. The molecule has 0 fully saturated rings. The molecule has 2 aliphatic rings. The van der Waals surface area contributed by atoms with Crippen LogP contribution in [0.5, 0.6) is 5.75 Å². The molecule has 0 bridgehead atoms. The van der Waals surface area contributed by atoms with Gasteiger partial charge in [0.1, 0.15) is 18.4 Å². The van der Waals surface area contributed by atoms with E-state index in [0.717, 1.165) is 36.0 Å². The zero-order valence-electron chi connectivity index (χ0n) is 17.1. The molecule has 0 spiro atoms. The second-order valence-electron chi connectivity index (χ2n) is 7.92. The fraction of sp³-hybridized carbons (Fsp3) is 0.269. The zero-order valence-corrected chi connectivity index (χ0v) is 17.1. The number of nitrogens with two attached hydrogens (primary N) is 1. The lowest BCUT2D eigenvalue weighted by Crippen LogP contribution is -2.42. The third-order valence-electron chi connectivity index (χ3n) is 6.29. The number of hydrogen-bond acceptors (Lipinski definition) is 5. The lowest BCUT2D eigenvalue weighted by atomic mass is 9.56. The number of fused-ring (bicyclic) bond motifs is 1. The first-order valence-corrected chi connectivity index (χ1v) is 10.3. The van der Waals surface area contributed by atoms with Gasteiger partial charge in [-0.25, -0.2) is 0 Å². The van der Waals surface area contributed by atoms with Crippen molar-refractivity contribution in [2.45, 2.75) is 31.8 Å². The van der Waals surface area contributed by atoms with Gasteiger partial charge in [0.25, 0.3) is 0 Å². The van der Waals surface area contributed by atoms with Gasteiger partial charge >= 0.3 is 0 Å². The highest BCUT2D eigenvalue weighted by Gasteiger charge is 2.54. The van der Waals surface area contributed by atoms with Gasteiger partial charge in [-0.05, 0) is 42.4 Å². The van der Waals surface area contributed by atoms with Crippen molar-refractivity contribution in [1.29, 1.82) is 15.8 Å². The maximum absolute atomic E-state index is 10.2. The Kier molecular flexibility index (Phi) is 5.48. The van der Waals surface area contributed by atoms with Crippen LogP contribution >= 0.6 is 0 Å². The molecule has 31 heavy (non-hydrogen) atoms. The van der Waals surface area contributed by atoms with Gasteiger partial charge in [-0.2, -0.15) is 15.8 Å². The molecule has 0 saturated heterocycles. The van der Waals surface area contributed by atoms with E-state index in [9.17, 15) is 15.8 Å². The summed E-state index contributed by atoms with van der Waals surface area (Å²) in [4.78, 5) is 0. The van der Waals surface area contributed by atoms with E-state index in [1.807, 2.05) is 60.7 Å². The molecule has 0 aliphatic heterocycles. The summed E-state index contributed by atoms with van der Waals surface area (Å²) in [7, 11) is 0. The summed E-state index contributed by atoms with van der Waals surface area (Å²) < 4.78 is 6.17. The number of hydrogen-bond donors (Lipinski definition) is 1. The Hall–Kier alpha value is -4.01. The Balaban J connectivity index is 1.85. The Morgan fingerprint density at radius 3 is 2.42 bits per heavy atom. The second-order valence-corrected chi connectivity index (χ2v) is 7.92. The molecule has 0 saturated carbocycles. The third-order valence-corrected chi connectivity index (χ3v) is 6.29. The van der Waals surface area contributed by atoms with Crippen molar-refractivity contribution >= 4 is 0 Å². The largest absolute Gasteiger partial charge is 0.489 e.